The Morgan fingerprint density at radius 1 is 1.21 bits per heavy atom. The summed E-state index contributed by atoms with van der Waals surface area (Å²) in [6, 6.07) is 4.14. The molecule has 1 heterocycles. The van der Waals surface area contributed by atoms with Crippen molar-refractivity contribution in [3.63, 3.8) is 0 Å². The Kier molecular flexibility index (Phi) is 8.49. The minimum Gasteiger partial charge on any atom is -0.468 e. The van der Waals surface area contributed by atoms with Crippen molar-refractivity contribution in [3.8, 4) is 0 Å². The molecule has 0 saturated carbocycles. The van der Waals surface area contributed by atoms with Crippen molar-refractivity contribution in [2.75, 3.05) is 53.6 Å². The second-order valence-electron chi connectivity index (χ2n) is 4.52. The van der Waals surface area contributed by atoms with Gasteiger partial charge in [-0.05, 0) is 19.1 Å². The summed E-state index contributed by atoms with van der Waals surface area (Å²) in [5.41, 5.74) is 0. The van der Waals surface area contributed by atoms with Crippen molar-refractivity contribution in [1.82, 2.24) is 10.2 Å². The van der Waals surface area contributed by atoms with Crippen LogP contribution in [-0.2, 0) is 9.47 Å². The highest BCUT2D eigenvalue weighted by atomic mass is 16.5. The van der Waals surface area contributed by atoms with Crippen LogP contribution >= 0.6 is 0 Å². The average molecular weight is 270 g/mol. The van der Waals surface area contributed by atoms with E-state index in [2.05, 4.69) is 17.1 Å². The van der Waals surface area contributed by atoms with Gasteiger partial charge < -0.3 is 19.2 Å². The van der Waals surface area contributed by atoms with Gasteiger partial charge in [-0.2, -0.15) is 0 Å². The molecule has 0 spiro atoms. The molecule has 0 saturated heterocycles. The molecule has 0 fully saturated rings. The monoisotopic (exact) mass is 270 g/mol. The van der Waals surface area contributed by atoms with Crippen LogP contribution in [0, 0.1) is 0 Å². The van der Waals surface area contributed by atoms with Crippen LogP contribution in [0.2, 0.25) is 0 Å². The highest BCUT2D eigenvalue weighted by Gasteiger charge is 2.09. The lowest BCUT2D eigenvalue weighted by molar-refractivity contribution is 0.114. The zero-order valence-corrected chi connectivity index (χ0v) is 12.2. The molecule has 0 aromatic carbocycles. The molecule has 1 atom stereocenters. The molecule has 0 aliphatic carbocycles. The molecule has 1 rings (SSSR count). The fourth-order valence-corrected chi connectivity index (χ4v) is 1.85. The van der Waals surface area contributed by atoms with E-state index in [1.807, 2.05) is 12.1 Å². The SMILES string of the molecule is COCCN(CCNC(C)c1ccco1)CCOC. The summed E-state index contributed by atoms with van der Waals surface area (Å²) >= 11 is 0. The number of ether oxygens (including phenoxy) is 2. The van der Waals surface area contributed by atoms with Gasteiger partial charge in [0.05, 0.1) is 25.5 Å². The minimum atomic E-state index is 0.238. The number of hydrogen-bond acceptors (Lipinski definition) is 5. The Morgan fingerprint density at radius 3 is 2.42 bits per heavy atom. The Morgan fingerprint density at radius 2 is 1.89 bits per heavy atom. The van der Waals surface area contributed by atoms with Gasteiger partial charge in [0.25, 0.3) is 0 Å². The second kappa shape index (κ2) is 9.97. The Labute approximate surface area is 115 Å². The topological polar surface area (TPSA) is 46.9 Å². The van der Waals surface area contributed by atoms with E-state index in [4.69, 9.17) is 13.9 Å². The van der Waals surface area contributed by atoms with Crippen molar-refractivity contribution in [2.24, 2.45) is 0 Å². The molecule has 110 valence electrons. The lowest BCUT2D eigenvalue weighted by Gasteiger charge is -2.22. The number of nitrogens with zero attached hydrogens (tertiary/aromatic N) is 1. The van der Waals surface area contributed by atoms with E-state index < -0.39 is 0 Å². The van der Waals surface area contributed by atoms with Crippen LogP contribution in [0.1, 0.15) is 18.7 Å². The summed E-state index contributed by atoms with van der Waals surface area (Å²) in [4.78, 5) is 2.33. The van der Waals surface area contributed by atoms with E-state index in [9.17, 15) is 0 Å². The van der Waals surface area contributed by atoms with Gasteiger partial charge in [0, 0.05) is 40.4 Å². The van der Waals surface area contributed by atoms with Gasteiger partial charge in [0.15, 0.2) is 0 Å². The smallest absolute Gasteiger partial charge is 0.120 e. The summed E-state index contributed by atoms with van der Waals surface area (Å²) in [5, 5.41) is 3.45. The molecular weight excluding hydrogens is 244 g/mol. The molecule has 5 nitrogen and oxygen atoms in total. The third kappa shape index (κ3) is 6.73. The van der Waals surface area contributed by atoms with Crippen molar-refractivity contribution in [1.29, 1.82) is 0 Å². The first-order valence-electron chi connectivity index (χ1n) is 6.75. The van der Waals surface area contributed by atoms with Crippen LogP contribution in [-0.4, -0.2) is 58.5 Å². The summed E-state index contributed by atoms with van der Waals surface area (Å²) in [6.45, 7) is 7.34. The fourth-order valence-electron chi connectivity index (χ4n) is 1.85. The summed E-state index contributed by atoms with van der Waals surface area (Å²) in [7, 11) is 3.46. The van der Waals surface area contributed by atoms with Gasteiger partial charge in [-0.15, -0.1) is 0 Å². The average Bonchev–Trinajstić information content (AvgIpc) is 2.95. The van der Waals surface area contributed by atoms with E-state index in [1.165, 1.54) is 0 Å². The number of rotatable bonds is 11. The lowest BCUT2D eigenvalue weighted by atomic mass is 10.2. The Bertz CT molecular complexity index is 296. The first-order valence-corrected chi connectivity index (χ1v) is 6.75. The molecule has 0 aliphatic rings. The van der Waals surface area contributed by atoms with Crippen LogP contribution < -0.4 is 5.32 Å². The number of nitrogens with one attached hydrogen (secondary N) is 1. The molecule has 0 radical (unpaired) electrons. The fraction of sp³-hybridized carbons (Fsp3) is 0.714. The van der Waals surface area contributed by atoms with E-state index >= 15 is 0 Å². The zero-order valence-electron chi connectivity index (χ0n) is 12.2. The first kappa shape index (κ1) is 16.2. The maximum Gasteiger partial charge on any atom is 0.120 e. The molecule has 19 heavy (non-hydrogen) atoms. The molecule has 1 unspecified atom stereocenters. The molecule has 1 aromatic rings. The van der Waals surface area contributed by atoms with Crippen LogP contribution in [0.4, 0.5) is 0 Å². The molecule has 5 heteroatoms. The number of furan rings is 1. The second-order valence-corrected chi connectivity index (χ2v) is 4.52. The van der Waals surface area contributed by atoms with Crippen molar-refractivity contribution >= 4 is 0 Å². The van der Waals surface area contributed by atoms with Crippen LogP contribution in [0.25, 0.3) is 0 Å². The van der Waals surface area contributed by atoms with Crippen LogP contribution in [0.15, 0.2) is 22.8 Å². The third-order valence-electron chi connectivity index (χ3n) is 3.07. The van der Waals surface area contributed by atoms with Gasteiger partial charge >= 0.3 is 0 Å². The highest BCUT2D eigenvalue weighted by molar-refractivity contribution is 5.02. The molecule has 0 amide bonds. The van der Waals surface area contributed by atoms with Crippen LogP contribution in [0.5, 0.6) is 0 Å². The highest BCUT2D eigenvalue weighted by Crippen LogP contribution is 2.11. The van der Waals surface area contributed by atoms with Gasteiger partial charge in [0.2, 0.25) is 0 Å². The molecule has 1 N–H and O–H groups in total. The zero-order chi connectivity index (χ0) is 13.9. The summed E-state index contributed by atoms with van der Waals surface area (Å²) in [5.74, 6) is 0.973. The maximum atomic E-state index is 5.37. The standard InChI is InChI=1S/C14H26N2O3/c1-13(14-5-4-10-19-14)15-6-7-16(8-11-17-2)9-12-18-3/h4-5,10,13,15H,6-9,11-12H2,1-3H3. The molecule has 0 bridgehead atoms. The van der Waals surface area contributed by atoms with E-state index in [0.717, 1.165) is 45.2 Å². The number of methoxy groups -OCH3 is 2. The predicted molar refractivity (Wildman–Crippen MR) is 75.3 cm³/mol. The largest absolute Gasteiger partial charge is 0.468 e. The normalized spacial score (nSPS) is 13.1. The van der Waals surface area contributed by atoms with Gasteiger partial charge in [-0.25, -0.2) is 0 Å². The van der Waals surface area contributed by atoms with Crippen molar-refractivity contribution in [2.45, 2.75) is 13.0 Å². The van der Waals surface area contributed by atoms with E-state index in [0.29, 0.717) is 0 Å². The Hall–Kier alpha value is -0.880. The van der Waals surface area contributed by atoms with Gasteiger partial charge in [-0.3, -0.25) is 4.90 Å². The summed E-state index contributed by atoms with van der Waals surface area (Å²) < 4.78 is 15.6. The predicted octanol–water partition coefficient (Wildman–Crippen LogP) is 1.52. The van der Waals surface area contributed by atoms with Crippen molar-refractivity contribution < 1.29 is 13.9 Å². The molecular formula is C14H26N2O3. The van der Waals surface area contributed by atoms with Gasteiger partial charge in [0.1, 0.15) is 5.76 Å². The lowest BCUT2D eigenvalue weighted by Crippen LogP contribution is -2.37. The minimum absolute atomic E-state index is 0.238. The van der Waals surface area contributed by atoms with E-state index in [1.54, 1.807) is 20.5 Å². The molecule has 1 aromatic heterocycles. The molecule has 0 aliphatic heterocycles. The maximum absolute atomic E-state index is 5.37. The van der Waals surface area contributed by atoms with E-state index in [-0.39, 0.29) is 6.04 Å². The quantitative estimate of drug-likeness (QED) is 0.660. The summed E-state index contributed by atoms with van der Waals surface area (Å²) in [6.07, 6.45) is 1.71. The van der Waals surface area contributed by atoms with Gasteiger partial charge in [-0.1, -0.05) is 0 Å². The third-order valence-corrected chi connectivity index (χ3v) is 3.07. The van der Waals surface area contributed by atoms with Crippen LogP contribution in [0.3, 0.4) is 0 Å². The van der Waals surface area contributed by atoms with Crippen molar-refractivity contribution in [3.05, 3.63) is 24.2 Å². The first-order chi connectivity index (χ1) is 9.27. The number of hydrogen-bond donors (Lipinski definition) is 1. The Balaban J connectivity index is 2.22.